The van der Waals surface area contributed by atoms with Crippen molar-refractivity contribution in [2.75, 3.05) is 12.8 Å². The molecule has 3 nitrogen and oxygen atoms in total. The Bertz CT molecular complexity index is 271. The molecule has 0 heterocycles. The van der Waals surface area contributed by atoms with Crippen LogP contribution in [0, 0.1) is 0 Å². The number of aliphatic hydroxyl groups excluding tert-OH is 1. The minimum atomic E-state index is -0.488. The van der Waals surface area contributed by atoms with E-state index in [2.05, 4.69) is 0 Å². The summed E-state index contributed by atoms with van der Waals surface area (Å²) in [5.74, 6) is 0.638. The molecule has 0 fully saturated rings. The van der Waals surface area contributed by atoms with Crippen LogP contribution in [0.4, 0.5) is 5.69 Å². The van der Waals surface area contributed by atoms with Crippen LogP contribution in [0.5, 0.6) is 5.75 Å². The molecule has 0 saturated carbocycles. The lowest BCUT2D eigenvalue weighted by Gasteiger charge is -2.08. The zero-order valence-electron chi connectivity index (χ0n) is 7.24. The molecule has 0 aliphatic heterocycles. The summed E-state index contributed by atoms with van der Waals surface area (Å²) in [6, 6.07) is 5.25. The number of nitrogen functional groups attached to an aromatic ring is 1. The molecule has 1 unspecified atom stereocenters. The minimum Gasteiger partial charge on any atom is -0.495 e. The molecule has 0 amide bonds. The lowest BCUT2D eigenvalue weighted by molar-refractivity contribution is 0.199. The third kappa shape index (κ3) is 1.68. The van der Waals surface area contributed by atoms with Gasteiger partial charge in [-0.3, -0.25) is 0 Å². The molecule has 0 radical (unpaired) electrons. The fourth-order valence-corrected chi connectivity index (χ4v) is 1.01. The van der Waals surface area contributed by atoms with E-state index in [0.29, 0.717) is 11.4 Å². The summed E-state index contributed by atoms with van der Waals surface area (Å²) in [5, 5.41) is 9.22. The Kier molecular flexibility index (Phi) is 2.55. The highest BCUT2D eigenvalue weighted by molar-refractivity contribution is 5.54. The highest BCUT2D eigenvalue weighted by Crippen LogP contribution is 2.24. The predicted molar refractivity (Wildman–Crippen MR) is 48.0 cm³/mol. The zero-order valence-corrected chi connectivity index (χ0v) is 7.24. The third-order valence-electron chi connectivity index (χ3n) is 1.74. The van der Waals surface area contributed by atoms with E-state index in [9.17, 15) is 5.11 Å². The fourth-order valence-electron chi connectivity index (χ4n) is 1.01. The normalized spacial score (nSPS) is 12.6. The van der Waals surface area contributed by atoms with Crippen molar-refractivity contribution >= 4 is 5.69 Å². The fraction of sp³-hybridized carbons (Fsp3) is 0.333. The van der Waals surface area contributed by atoms with Gasteiger partial charge < -0.3 is 15.6 Å². The summed E-state index contributed by atoms with van der Waals surface area (Å²) in [5.41, 5.74) is 6.98. The molecule has 1 aromatic carbocycles. The van der Waals surface area contributed by atoms with Gasteiger partial charge in [-0.2, -0.15) is 0 Å². The van der Waals surface area contributed by atoms with E-state index in [1.807, 2.05) is 0 Å². The van der Waals surface area contributed by atoms with Gasteiger partial charge in [-0.1, -0.05) is 6.07 Å². The lowest BCUT2D eigenvalue weighted by Crippen LogP contribution is -1.96. The van der Waals surface area contributed by atoms with Crippen LogP contribution >= 0.6 is 0 Å². The quantitative estimate of drug-likeness (QED) is 0.653. The van der Waals surface area contributed by atoms with Gasteiger partial charge in [0, 0.05) is 0 Å². The van der Waals surface area contributed by atoms with E-state index in [1.165, 1.54) is 0 Å². The zero-order chi connectivity index (χ0) is 9.14. The molecule has 0 aliphatic rings. The van der Waals surface area contributed by atoms with E-state index < -0.39 is 6.10 Å². The molecule has 1 rings (SSSR count). The molecule has 0 spiro atoms. The molecule has 0 saturated heterocycles. The van der Waals surface area contributed by atoms with Gasteiger partial charge in [0.05, 0.1) is 18.9 Å². The third-order valence-corrected chi connectivity index (χ3v) is 1.74. The van der Waals surface area contributed by atoms with Gasteiger partial charge in [-0.15, -0.1) is 0 Å². The second kappa shape index (κ2) is 3.45. The van der Waals surface area contributed by atoms with Crippen molar-refractivity contribution < 1.29 is 9.84 Å². The Balaban J connectivity index is 3.02. The van der Waals surface area contributed by atoms with Crippen LogP contribution in [0.1, 0.15) is 18.6 Å². The van der Waals surface area contributed by atoms with Crippen molar-refractivity contribution in [1.29, 1.82) is 0 Å². The number of methoxy groups -OCH3 is 1. The van der Waals surface area contributed by atoms with Crippen molar-refractivity contribution in [3.8, 4) is 5.75 Å². The molecule has 12 heavy (non-hydrogen) atoms. The van der Waals surface area contributed by atoms with E-state index in [0.717, 1.165) is 5.56 Å². The van der Waals surface area contributed by atoms with Crippen molar-refractivity contribution in [3.63, 3.8) is 0 Å². The van der Waals surface area contributed by atoms with E-state index in [4.69, 9.17) is 10.5 Å². The summed E-state index contributed by atoms with van der Waals surface area (Å²) in [7, 11) is 1.56. The highest BCUT2D eigenvalue weighted by Gasteiger charge is 2.03. The Morgan fingerprint density at radius 3 is 2.58 bits per heavy atom. The molecule has 0 aromatic heterocycles. The molecule has 0 bridgehead atoms. The van der Waals surface area contributed by atoms with Gasteiger partial charge in [-0.25, -0.2) is 0 Å². The maximum absolute atomic E-state index is 9.22. The molecule has 0 aliphatic carbocycles. The summed E-state index contributed by atoms with van der Waals surface area (Å²) in [6.45, 7) is 1.70. The Morgan fingerprint density at radius 1 is 1.50 bits per heavy atom. The average molecular weight is 167 g/mol. The topological polar surface area (TPSA) is 55.5 Å². The van der Waals surface area contributed by atoms with E-state index in [-0.39, 0.29) is 0 Å². The molecule has 3 heteroatoms. The number of hydrogen-bond acceptors (Lipinski definition) is 3. The van der Waals surface area contributed by atoms with Gasteiger partial charge in [0.15, 0.2) is 0 Å². The van der Waals surface area contributed by atoms with Gasteiger partial charge in [0.2, 0.25) is 0 Å². The van der Waals surface area contributed by atoms with Crippen LogP contribution in [-0.4, -0.2) is 12.2 Å². The Labute approximate surface area is 71.8 Å². The van der Waals surface area contributed by atoms with Crippen LogP contribution in [-0.2, 0) is 0 Å². The van der Waals surface area contributed by atoms with Gasteiger partial charge >= 0.3 is 0 Å². The number of ether oxygens (including phenoxy) is 1. The van der Waals surface area contributed by atoms with Crippen molar-refractivity contribution in [2.24, 2.45) is 0 Å². The second-order valence-corrected chi connectivity index (χ2v) is 2.68. The van der Waals surface area contributed by atoms with Gasteiger partial charge in [0.1, 0.15) is 5.75 Å². The first kappa shape index (κ1) is 8.87. The average Bonchev–Trinajstić information content (AvgIpc) is 2.04. The summed E-state index contributed by atoms with van der Waals surface area (Å²) < 4.78 is 4.97. The number of hydrogen-bond donors (Lipinski definition) is 2. The molecule has 66 valence electrons. The molecule has 1 aromatic rings. The summed E-state index contributed by atoms with van der Waals surface area (Å²) in [6.07, 6.45) is -0.488. The van der Waals surface area contributed by atoms with Crippen LogP contribution in [0.3, 0.4) is 0 Å². The van der Waals surface area contributed by atoms with E-state index >= 15 is 0 Å². The summed E-state index contributed by atoms with van der Waals surface area (Å²) >= 11 is 0. The number of benzene rings is 1. The van der Waals surface area contributed by atoms with Gasteiger partial charge in [0.25, 0.3) is 0 Å². The van der Waals surface area contributed by atoms with Crippen molar-refractivity contribution in [2.45, 2.75) is 13.0 Å². The standard InChI is InChI=1S/C9H13NO2/c1-6(11)7-3-4-9(12-2)8(10)5-7/h3-6,11H,10H2,1-2H3. The molecular weight excluding hydrogens is 154 g/mol. The monoisotopic (exact) mass is 167 g/mol. The first-order chi connectivity index (χ1) is 5.65. The van der Waals surface area contributed by atoms with Gasteiger partial charge in [-0.05, 0) is 24.6 Å². The SMILES string of the molecule is COc1ccc(C(C)O)cc1N. The first-order valence-electron chi connectivity index (χ1n) is 3.76. The van der Waals surface area contributed by atoms with Crippen molar-refractivity contribution in [1.82, 2.24) is 0 Å². The number of rotatable bonds is 2. The van der Waals surface area contributed by atoms with Crippen LogP contribution in [0.2, 0.25) is 0 Å². The van der Waals surface area contributed by atoms with E-state index in [1.54, 1.807) is 32.2 Å². The maximum atomic E-state index is 9.22. The Morgan fingerprint density at radius 2 is 2.17 bits per heavy atom. The Hall–Kier alpha value is -1.22. The predicted octanol–water partition coefficient (Wildman–Crippen LogP) is 1.33. The molecule has 3 N–H and O–H groups in total. The number of nitrogens with two attached hydrogens (primary N) is 1. The second-order valence-electron chi connectivity index (χ2n) is 2.68. The number of anilines is 1. The number of aliphatic hydroxyl groups is 1. The molecular formula is C9H13NO2. The minimum absolute atomic E-state index is 0.488. The van der Waals surface area contributed by atoms with Crippen molar-refractivity contribution in [3.05, 3.63) is 23.8 Å². The van der Waals surface area contributed by atoms with Crippen LogP contribution < -0.4 is 10.5 Å². The first-order valence-corrected chi connectivity index (χ1v) is 3.76. The van der Waals surface area contributed by atoms with Crippen LogP contribution in [0.15, 0.2) is 18.2 Å². The lowest BCUT2D eigenvalue weighted by atomic mass is 10.1. The largest absolute Gasteiger partial charge is 0.495 e. The highest BCUT2D eigenvalue weighted by atomic mass is 16.5. The smallest absolute Gasteiger partial charge is 0.141 e. The summed E-state index contributed by atoms with van der Waals surface area (Å²) in [4.78, 5) is 0. The molecule has 1 atom stereocenters. The van der Waals surface area contributed by atoms with Crippen LogP contribution in [0.25, 0.3) is 0 Å². The maximum Gasteiger partial charge on any atom is 0.141 e.